The average molecular weight is 379 g/mol. The van der Waals surface area contributed by atoms with Crippen molar-refractivity contribution >= 4 is 17.6 Å². The molecule has 1 N–H and O–H groups in total. The largest absolute Gasteiger partial charge is 0.383 e. The van der Waals surface area contributed by atoms with Crippen molar-refractivity contribution in [3.63, 3.8) is 0 Å². The zero-order valence-electron chi connectivity index (χ0n) is 16.1. The van der Waals surface area contributed by atoms with Crippen LogP contribution in [-0.2, 0) is 9.53 Å². The molecule has 1 aromatic heterocycles. The number of pyridine rings is 1. The van der Waals surface area contributed by atoms with Gasteiger partial charge in [0.05, 0.1) is 18.1 Å². The number of ether oxygens (including phenoxy) is 1. The van der Waals surface area contributed by atoms with E-state index in [9.17, 15) is 9.59 Å². The molecule has 0 bridgehead atoms. The van der Waals surface area contributed by atoms with Gasteiger partial charge in [-0.25, -0.2) is 4.98 Å². The molecule has 0 saturated heterocycles. The summed E-state index contributed by atoms with van der Waals surface area (Å²) in [5.74, 6) is -0.0133. The highest BCUT2D eigenvalue weighted by atomic mass is 16.5. The molecule has 2 aliphatic rings. The highest BCUT2D eigenvalue weighted by Gasteiger charge is 2.55. The van der Waals surface area contributed by atoms with Crippen molar-refractivity contribution in [2.75, 3.05) is 25.6 Å². The Morgan fingerprint density at radius 3 is 2.68 bits per heavy atom. The van der Waals surface area contributed by atoms with Gasteiger partial charge in [0, 0.05) is 25.4 Å². The molecular formula is C22H25N3O3. The number of hydrogen-bond acceptors (Lipinski definition) is 4. The predicted molar refractivity (Wildman–Crippen MR) is 106 cm³/mol. The smallest absolute Gasteiger partial charge is 0.254 e. The molecule has 0 radical (unpaired) electrons. The zero-order valence-corrected chi connectivity index (χ0v) is 16.1. The minimum absolute atomic E-state index is 0.00330. The molecule has 1 aromatic carbocycles. The van der Waals surface area contributed by atoms with E-state index in [4.69, 9.17) is 4.74 Å². The molecule has 1 fully saturated rings. The third-order valence-corrected chi connectivity index (χ3v) is 5.99. The van der Waals surface area contributed by atoms with Crippen molar-refractivity contribution in [3.05, 3.63) is 59.8 Å². The number of rotatable bonds is 5. The molecule has 1 saturated carbocycles. The van der Waals surface area contributed by atoms with E-state index in [0.717, 1.165) is 31.2 Å². The molecular weight excluding hydrogens is 354 g/mol. The number of aromatic nitrogens is 1. The fraction of sp³-hybridized carbons (Fsp3) is 0.409. The van der Waals surface area contributed by atoms with Gasteiger partial charge in [0.25, 0.3) is 5.91 Å². The maximum Gasteiger partial charge on any atom is 0.254 e. The quantitative estimate of drug-likeness (QED) is 0.866. The summed E-state index contributed by atoms with van der Waals surface area (Å²) in [6.45, 7) is 0.932. The van der Waals surface area contributed by atoms with E-state index in [-0.39, 0.29) is 11.8 Å². The van der Waals surface area contributed by atoms with Crippen LogP contribution in [0, 0.1) is 0 Å². The van der Waals surface area contributed by atoms with Gasteiger partial charge in [-0.05, 0) is 36.6 Å². The molecule has 1 atom stereocenters. The van der Waals surface area contributed by atoms with Crippen LogP contribution < -0.4 is 5.32 Å². The van der Waals surface area contributed by atoms with Crippen LogP contribution in [0.5, 0.6) is 0 Å². The Kier molecular flexibility index (Phi) is 5.13. The maximum atomic E-state index is 13.5. The first-order valence-electron chi connectivity index (χ1n) is 9.79. The van der Waals surface area contributed by atoms with Gasteiger partial charge in [-0.15, -0.1) is 0 Å². The Bertz CT molecular complexity index is 862. The molecule has 1 aliphatic heterocycles. The minimum Gasteiger partial charge on any atom is -0.383 e. The summed E-state index contributed by atoms with van der Waals surface area (Å²) in [6.07, 6.45) is 5.30. The normalized spacial score (nSPS) is 20.2. The summed E-state index contributed by atoms with van der Waals surface area (Å²) in [6, 6.07) is 12.9. The van der Waals surface area contributed by atoms with Crippen LogP contribution in [0.15, 0.2) is 48.7 Å². The second-order valence-electron chi connectivity index (χ2n) is 7.48. The van der Waals surface area contributed by atoms with Crippen molar-refractivity contribution in [2.24, 2.45) is 0 Å². The topological polar surface area (TPSA) is 71.5 Å². The Morgan fingerprint density at radius 1 is 1.21 bits per heavy atom. The molecule has 4 rings (SSSR count). The Hall–Kier alpha value is -2.73. The SMILES string of the molecule is COCCN1C(=O)c2ccccc2C(C(=O)Nc2ccccn2)C12CCCC2. The van der Waals surface area contributed by atoms with E-state index in [2.05, 4.69) is 10.3 Å². The number of nitrogens with zero attached hydrogens (tertiary/aromatic N) is 2. The van der Waals surface area contributed by atoms with Gasteiger partial charge in [0.2, 0.25) is 5.91 Å². The molecule has 2 amide bonds. The standard InChI is InChI=1S/C22H25N3O3/c1-28-15-14-25-21(27)17-9-3-2-8-16(17)19(22(25)11-5-6-12-22)20(26)24-18-10-4-7-13-23-18/h2-4,7-10,13,19H,5-6,11-12,14-15H2,1H3,(H,23,24,26). The lowest BCUT2D eigenvalue weighted by molar-refractivity contribution is -0.121. The van der Waals surface area contributed by atoms with Crippen molar-refractivity contribution in [1.29, 1.82) is 0 Å². The molecule has 2 aromatic rings. The highest BCUT2D eigenvalue weighted by molar-refractivity contribution is 6.04. The van der Waals surface area contributed by atoms with Gasteiger partial charge >= 0.3 is 0 Å². The number of carbonyl (C=O) groups is 2. The van der Waals surface area contributed by atoms with Crippen LogP contribution in [0.25, 0.3) is 0 Å². The van der Waals surface area contributed by atoms with E-state index in [1.54, 1.807) is 19.4 Å². The van der Waals surface area contributed by atoms with Crippen molar-refractivity contribution in [2.45, 2.75) is 37.1 Å². The Morgan fingerprint density at radius 2 is 1.96 bits per heavy atom. The summed E-state index contributed by atoms with van der Waals surface area (Å²) in [5.41, 5.74) is 0.914. The first-order chi connectivity index (χ1) is 13.7. The van der Waals surface area contributed by atoms with Crippen molar-refractivity contribution < 1.29 is 14.3 Å². The third kappa shape index (κ3) is 3.07. The molecule has 1 unspecified atom stereocenters. The van der Waals surface area contributed by atoms with Crippen LogP contribution in [0.1, 0.15) is 47.5 Å². The van der Waals surface area contributed by atoms with Crippen LogP contribution in [0.2, 0.25) is 0 Å². The zero-order chi connectivity index (χ0) is 19.6. The van der Waals surface area contributed by atoms with E-state index in [1.165, 1.54) is 0 Å². The second-order valence-corrected chi connectivity index (χ2v) is 7.48. The first-order valence-corrected chi connectivity index (χ1v) is 9.79. The number of benzene rings is 1. The van der Waals surface area contributed by atoms with Crippen molar-refractivity contribution in [1.82, 2.24) is 9.88 Å². The monoisotopic (exact) mass is 379 g/mol. The first kappa shape index (κ1) is 18.6. The van der Waals surface area contributed by atoms with Crippen LogP contribution in [0.4, 0.5) is 5.82 Å². The van der Waals surface area contributed by atoms with Gasteiger partial charge in [0.1, 0.15) is 5.82 Å². The Balaban J connectivity index is 1.79. The summed E-state index contributed by atoms with van der Waals surface area (Å²) in [4.78, 5) is 33.0. The molecule has 1 aliphatic carbocycles. The number of amides is 2. The van der Waals surface area contributed by atoms with Gasteiger partial charge in [-0.3, -0.25) is 9.59 Å². The van der Waals surface area contributed by atoms with Gasteiger partial charge in [-0.1, -0.05) is 37.1 Å². The molecule has 2 heterocycles. The fourth-order valence-corrected chi connectivity index (χ4v) is 4.81. The molecule has 1 spiro atoms. The molecule has 146 valence electrons. The van der Waals surface area contributed by atoms with Crippen molar-refractivity contribution in [3.8, 4) is 0 Å². The molecule has 28 heavy (non-hydrogen) atoms. The number of hydrogen-bond donors (Lipinski definition) is 1. The summed E-state index contributed by atoms with van der Waals surface area (Å²) in [7, 11) is 1.63. The lowest BCUT2D eigenvalue weighted by Gasteiger charge is -2.50. The summed E-state index contributed by atoms with van der Waals surface area (Å²) < 4.78 is 5.27. The summed E-state index contributed by atoms with van der Waals surface area (Å²) in [5, 5.41) is 2.98. The lowest BCUT2D eigenvalue weighted by Crippen LogP contribution is -2.60. The minimum atomic E-state index is -0.511. The number of carbonyl (C=O) groups excluding carboxylic acids is 2. The Labute approximate surface area is 164 Å². The maximum absolute atomic E-state index is 13.5. The molecule has 6 heteroatoms. The van der Waals surface area contributed by atoms with Crippen LogP contribution in [0.3, 0.4) is 0 Å². The lowest BCUT2D eigenvalue weighted by atomic mass is 9.71. The van der Waals surface area contributed by atoms with Crippen LogP contribution in [-0.4, -0.2) is 47.5 Å². The van der Waals surface area contributed by atoms with E-state index in [1.807, 2.05) is 41.3 Å². The number of nitrogens with one attached hydrogen (secondary N) is 1. The van der Waals surface area contributed by atoms with Gasteiger partial charge in [0.15, 0.2) is 0 Å². The van der Waals surface area contributed by atoms with Gasteiger partial charge < -0.3 is 15.0 Å². The highest BCUT2D eigenvalue weighted by Crippen LogP contribution is 2.50. The third-order valence-electron chi connectivity index (χ3n) is 5.99. The van der Waals surface area contributed by atoms with Gasteiger partial charge in [-0.2, -0.15) is 0 Å². The number of anilines is 1. The van der Waals surface area contributed by atoms with E-state index < -0.39 is 11.5 Å². The van der Waals surface area contributed by atoms with Crippen LogP contribution >= 0.6 is 0 Å². The number of methoxy groups -OCH3 is 1. The van der Waals surface area contributed by atoms with E-state index >= 15 is 0 Å². The second kappa shape index (κ2) is 7.72. The fourth-order valence-electron chi connectivity index (χ4n) is 4.81. The number of fused-ring (bicyclic) bond motifs is 1. The van der Waals surface area contributed by atoms with E-state index in [0.29, 0.717) is 24.5 Å². The average Bonchev–Trinajstić information content (AvgIpc) is 3.18. The summed E-state index contributed by atoms with van der Waals surface area (Å²) >= 11 is 0. The predicted octanol–water partition coefficient (Wildman–Crippen LogP) is 3.22. The molecule has 6 nitrogen and oxygen atoms in total.